The van der Waals surface area contributed by atoms with Crippen LogP contribution in [0.4, 0.5) is 0 Å². The van der Waals surface area contributed by atoms with E-state index in [-0.39, 0.29) is 23.9 Å². The maximum Gasteiger partial charge on any atom is 0.192 e. The molecule has 0 heterocycles. The average Bonchev–Trinajstić information content (AvgIpc) is 2.75. The van der Waals surface area contributed by atoms with E-state index >= 15 is 0 Å². The second kappa shape index (κ2) is 9.06. The number of Topliss-reactive ketones (excluding diaryl/α,β-unsaturated/α-hetero) is 2. The third kappa shape index (κ3) is 4.57. The SMILES string of the molecule is CO[C@@H](C(=O)c1ccccc1)[C@@H](CC(=O)c1ccccc1)c1ccccc1. The Kier molecular flexibility index (Phi) is 6.29. The van der Waals surface area contributed by atoms with Crippen LogP contribution in [0.25, 0.3) is 0 Å². The van der Waals surface area contributed by atoms with Gasteiger partial charge in [0, 0.05) is 30.6 Å². The van der Waals surface area contributed by atoms with Crippen LogP contribution in [0.3, 0.4) is 0 Å². The van der Waals surface area contributed by atoms with Crippen molar-refractivity contribution in [2.75, 3.05) is 7.11 Å². The van der Waals surface area contributed by atoms with Crippen LogP contribution in [-0.2, 0) is 4.74 Å². The topological polar surface area (TPSA) is 43.4 Å². The molecule has 0 fully saturated rings. The highest BCUT2D eigenvalue weighted by atomic mass is 16.5. The summed E-state index contributed by atoms with van der Waals surface area (Å²) in [6.45, 7) is 0. The van der Waals surface area contributed by atoms with Crippen LogP contribution < -0.4 is 0 Å². The lowest BCUT2D eigenvalue weighted by molar-refractivity contribution is 0.0499. The number of ether oxygens (including phenoxy) is 1. The Bertz CT molecular complexity index is 873. The fourth-order valence-electron chi connectivity index (χ4n) is 3.26. The lowest BCUT2D eigenvalue weighted by Crippen LogP contribution is -2.32. The van der Waals surface area contributed by atoms with E-state index in [4.69, 9.17) is 4.74 Å². The number of rotatable bonds is 8. The van der Waals surface area contributed by atoms with Crippen LogP contribution in [0, 0.1) is 0 Å². The summed E-state index contributed by atoms with van der Waals surface area (Å²) in [4.78, 5) is 25.9. The van der Waals surface area contributed by atoms with Crippen LogP contribution >= 0.6 is 0 Å². The van der Waals surface area contributed by atoms with Crippen LogP contribution in [0.15, 0.2) is 91.0 Å². The highest BCUT2D eigenvalue weighted by Crippen LogP contribution is 2.29. The summed E-state index contributed by atoms with van der Waals surface area (Å²) < 4.78 is 5.62. The molecule has 0 aliphatic rings. The van der Waals surface area contributed by atoms with E-state index in [1.54, 1.807) is 24.3 Å². The number of ketones is 2. The Morgan fingerprint density at radius 1 is 0.741 bits per heavy atom. The molecule has 3 nitrogen and oxygen atoms in total. The lowest BCUT2D eigenvalue weighted by atomic mass is 9.84. The van der Waals surface area contributed by atoms with Gasteiger partial charge in [0.25, 0.3) is 0 Å². The molecule has 3 heteroatoms. The van der Waals surface area contributed by atoms with Crippen LogP contribution in [-0.4, -0.2) is 24.8 Å². The third-order valence-electron chi connectivity index (χ3n) is 4.66. The summed E-state index contributed by atoms with van der Waals surface area (Å²) >= 11 is 0. The van der Waals surface area contributed by atoms with Crippen molar-refractivity contribution in [3.8, 4) is 0 Å². The van der Waals surface area contributed by atoms with Gasteiger partial charge in [-0.15, -0.1) is 0 Å². The molecule has 0 N–H and O–H groups in total. The first-order valence-corrected chi connectivity index (χ1v) is 8.96. The summed E-state index contributed by atoms with van der Waals surface area (Å²) in [7, 11) is 1.52. The van der Waals surface area contributed by atoms with E-state index in [1.165, 1.54) is 7.11 Å². The average molecular weight is 358 g/mol. The summed E-state index contributed by atoms with van der Waals surface area (Å²) in [6, 6.07) is 27.8. The monoisotopic (exact) mass is 358 g/mol. The van der Waals surface area contributed by atoms with Gasteiger partial charge in [-0.05, 0) is 5.56 Å². The van der Waals surface area contributed by atoms with E-state index < -0.39 is 6.10 Å². The van der Waals surface area contributed by atoms with Crippen molar-refractivity contribution in [3.05, 3.63) is 108 Å². The van der Waals surface area contributed by atoms with Gasteiger partial charge in [0.2, 0.25) is 0 Å². The maximum atomic E-state index is 13.1. The van der Waals surface area contributed by atoms with Gasteiger partial charge in [0.15, 0.2) is 11.6 Å². The van der Waals surface area contributed by atoms with E-state index in [0.717, 1.165) is 5.56 Å². The molecule has 0 aliphatic heterocycles. The number of hydrogen-bond donors (Lipinski definition) is 0. The Balaban J connectivity index is 1.93. The minimum atomic E-state index is -0.734. The molecular formula is C24H22O3. The van der Waals surface area contributed by atoms with E-state index in [1.807, 2.05) is 66.7 Å². The van der Waals surface area contributed by atoms with E-state index in [9.17, 15) is 9.59 Å². The Labute approximate surface area is 159 Å². The third-order valence-corrected chi connectivity index (χ3v) is 4.66. The van der Waals surface area contributed by atoms with Crippen molar-refractivity contribution in [1.29, 1.82) is 0 Å². The first kappa shape index (κ1) is 18.7. The molecule has 3 aromatic rings. The van der Waals surface area contributed by atoms with Gasteiger partial charge < -0.3 is 4.74 Å². The van der Waals surface area contributed by atoms with Gasteiger partial charge in [-0.25, -0.2) is 0 Å². The van der Waals surface area contributed by atoms with Gasteiger partial charge >= 0.3 is 0 Å². The second-order valence-corrected chi connectivity index (χ2v) is 6.40. The first-order valence-electron chi connectivity index (χ1n) is 8.96. The second-order valence-electron chi connectivity index (χ2n) is 6.40. The minimum Gasteiger partial charge on any atom is -0.373 e. The van der Waals surface area contributed by atoms with Gasteiger partial charge in [0.05, 0.1) is 0 Å². The molecule has 3 aromatic carbocycles. The molecule has 2 atom stereocenters. The predicted octanol–water partition coefficient (Wildman–Crippen LogP) is 4.94. The van der Waals surface area contributed by atoms with Gasteiger partial charge in [-0.1, -0.05) is 91.0 Å². The maximum absolute atomic E-state index is 13.1. The zero-order valence-electron chi connectivity index (χ0n) is 15.2. The lowest BCUT2D eigenvalue weighted by Gasteiger charge is -2.25. The highest BCUT2D eigenvalue weighted by Gasteiger charge is 2.32. The summed E-state index contributed by atoms with van der Waals surface area (Å²) in [5, 5.41) is 0. The zero-order valence-corrected chi connectivity index (χ0v) is 15.2. The Hall–Kier alpha value is -3.04. The summed E-state index contributed by atoms with van der Waals surface area (Å²) in [5.74, 6) is -0.489. The van der Waals surface area contributed by atoms with Gasteiger partial charge in [-0.3, -0.25) is 9.59 Å². The molecule has 0 radical (unpaired) electrons. The van der Waals surface area contributed by atoms with Gasteiger partial charge in [-0.2, -0.15) is 0 Å². The molecule has 0 aromatic heterocycles. The van der Waals surface area contributed by atoms with Crippen molar-refractivity contribution in [2.24, 2.45) is 0 Å². The van der Waals surface area contributed by atoms with Crippen molar-refractivity contribution in [1.82, 2.24) is 0 Å². The van der Waals surface area contributed by atoms with Crippen molar-refractivity contribution < 1.29 is 14.3 Å². The molecule has 0 saturated heterocycles. The first-order chi connectivity index (χ1) is 13.2. The van der Waals surface area contributed by atoms with Crippen LogP contribution in [0.1, 0.15) is 38.6 Å². The molecule has 3 rings (SSSR count). The number of carbonyl (C=O) groups is 2. The predicted molar refractivity (Wildman–Crippen MR) is 106 cm³/mol. The van der Waals surface area contributed by atoms with E-state index in [2.05, 4.69) is 0 Å². The molecule has 27 heavy (non-hydrogen) atoms. The molecular weight excluding hydrogens is 336 g/mol. The number of benzene rings is 3. The summed E-state index contributed by atoms with van der Waals surface area (Å²) in [5.41, 5.74) is 2.13. The standard InChI is InChI=1S/C24H22O3/c1-27-24(23(26)20-15-9-4-10-16-20)21(18-11-5-2-6-12-18)17-22(25)19-13-7-3-8-14-19/h2-16,21,24H,17H2,1H3/t21-,24+/m0/s1. The Morgan fingerprint density at radius 3 is 1.74 bits per heavy atom. The Morgan fingerprint density at radius 2 is 1.22 bits per heavy atom. The fourth-order valence-corrected chi connectivity index (χ4v) is 3.26. The molecule has 0 unspecified atom stereocenters. The molecule has 0 spiro atoms. The van der Waals surface area contributed by atoms with Crippen molar-refractivity contribution in [2.45, 2.75) is 18.4 Å². The number of carbonyl (C=O) groups excluding carboxylic acids is 2. The zero-order chi connectivity index (χ0) is 19.1. The van der Waals surface area contributed by atoms with E-state index in [0.29, 0.717) is 11.1 Å². The van der Waals surface area contributed by atoms with Crippen LogP contribution in [0.5, 0.6) is 0 Å². The molecule has 0 amide bonds. The highest BCUT2D eigenvalue weighted by molar-refractivity contribution is 6.01. The minimum absolute atomic E-state index is 0.00707. The van der Waals surface area contributed by atoms with Gasteiger partial charge in [0.1, 0.15) is 6.10 Å². The number of methoxy groups -OCH3 is 1. The normalized spacial score (nSPS) is 12.9. The molecule has 0 bridgehead atoms. The van der Waals surface area contributed by atoms with Crippen molar-refractivity contribution >= 4 is 11.6 Å². The largest absolute Gasteiger partial charge is 0.373 e. The van der Waals surface area contributed by atoms with Crippen molar-refractivity contribution in [3.63, 3.8) is 0 Å². The molecule has 136 valence electrons. The molecule has 0 aliphatic carbocycles. The summed E-state index contributed by atoms with van der Waals surface area (Å²) in [6.07, 6.45) is -0.534. The van der Waals surface area contributed by atoms with Crippen LogP contribution in [0.2, 0.25) is 0 Å². The smallest absolute Gasteiger partial charge is 0.192 e. The quantitative estimate of drug-likeness (QED) is 0.536. The molecule has 0 saturated carbocycles. The number of hydrogen-bond acceptors (Lipinski definition) is 3. The fraction of sp³-hybridized carbons (Fsp3) is 0.167.